The zero-order chi connectivity index (χ0) is 30.4. The highest BCUT2D eigenvalue weighted by Crippen LogP contribution is 2.30. The van der Waals surface area contributed by atoms with Gasteiger partial charge in [0.15, 0.2) is 5.69 Å². The zero-order valence-corrected chi connectivity index (χ0v) is 24.1. The van der Waals surface area contributed by atoms with Crippen LogP contribution in [0.5, 0.6) is 0 Å². The number of hydrogen-bond acceptors (Lipinski definition) is 5. The largest absolute Gasteiger partial charge is 0.319 e. The van der Waals surface area contributed by atoms with E-state index in [4.69, 9.17) is 0 Å². The highest BCUT2D eigenvalue weighted by molar-refractivity contribution is 6.11. The predicted molar refractivity (Wildman–Crippen MR) is 162 cm³/mol. The minimum atomic E-state index is -2.58. The van der Waals surface area contributed by atoms with Gasteiger partial charge in [-0.3, -0.25) is 24.8 Å². The molecule has 0 spiro atoms. The molecule has 0 radical (unpaired) electrons. The molecule has 10 heteroatoms. The SMILES string of the molecule is CC.O=C(Nc1ccc(Cc2ccccc2F)nc1)c1n[nH]c2ccc(-c3cncc(CN4CCC(F)(F)CC4)c3)cc12. The third-order valence-electron chi connectivity index (χ3n) is 7.31. The van der Waals surface area contributed by atoms with Crippen molar-refractivity contribution in [2.75, 3.05) is 18.4 Å². The summed E-state index contributed by atoms with van der Waals surface area (Å²) in [5, 5.41) is 10.6. The smallest absolute Gasteiger partial charge is 0.276 e. The van der Waals surface area contributed by atoms with Crippen molar-refractivity contribution < 1.29 is 18.0 Å². The van der Waals surface area contributed by atoms with E-state index in [-0.39, 0.29) is 24.4 Å². The standard InChI is InChI=1S/C31H27F3N6O.C2H6/c32-27-4-2-1-3-22(27)14-24-6-7-25(18-36-24)37-30(41)29-26-15-21(5-8-28(26)38-39-29)23-13-20(16-35-17-23)19-40-11-9-31(33,34)10-12-40;1-2/h1-8,13,15-18H,9-12,14,19H2,(H,37,41)(H,38,39);1-2H3. The second kappa shape index (κ2) is 13.2. The molecule has 1 aliphatic heterocycles. The van der Waals surface area contributed by atoms with E-state index < -0.39 is 11.8 Å². The fraction of sp³-hybridized carbons (Fsp3) is 0.273. The van der Waals surface area contributed by atoms with Gasteiger partial charge < -0.3 is 5.32 Å². The normalized spacial score (nSPS) is 14.6. The predicted octanol–water partition coefficient (Wildman–Crippen LogP) is 7.26. The summed E-state index contributed by atoms with van der Waals surface area (Å²) in [6.07, 6.45) is 5.11. The van der Waals surface area contributed by atoms with E-state index in [1.807, 2.05) is 43.0 Å². The lowest BCUT2D eigenvalue weighted by Gasteiger charge is -2.31. The number of rotatable bonds is 7. The monoisotopic (exact) mass is 586 g/mol. The Bertz CT molecular complexity index is 1690. The van der Waals surface area contributed by atoms with Crippen molar-refractivity contribution in [3.05, 3.63) is 108 Å². The van der Waals surface area contributed by atoms with Crippen LogP contribution in [0.1, 0.15) is 54.0 Å². The van der Waals surface area contributed by atoms with Gasteiger partial charge in [-0.1, -0.05) is 38.1 Å². The number of nitrogens with zero attached hydrogens (tertiary/aromatic N) is 4. The number of likely N-dealkylation sites (tertiary alicyclic amines) is 1. The van der Waals surface area contributed by atoms with Crippen LogP contribution in [-0.4, -0.2) is 50.0 Å². The third kappa shape index (κ3) is 7.26. The third-order valence-corrected chi connectivity index (χ3v) is 7.31. The van der Waals surface area contributed by atoms with Crippen LogP contribution >= 0.6 is 0 Å². The van der Waals surface area contributed by atoms with Gasteiger partial charge >= 0.3 is 0 Å². The number of alkyl halides is 2. The van der Waals surface area contributed by atoms with Crippen molar-refractivity contribution >= 4 is 22.5 Å². The minimum absolute atomic E-state index is 0.129. The van der Waals surface area contributed by atoms with Gasteiger partial charge in [0, 0.05) is 67.9 Å². The summed E-state index contributed by atoms with van der Waals surface area (Å²) in [6.45, 7) is 5.24. The molecule has 3 aromatic heterocycles. The van der Waals surface area contributed by atoms with Crippen molar-refractivity contribution in [1.29, 1.82) is 0 Å². The van der Waals surface area contributed by atoms with E-state index in [2.05, 4.69) is 25.5 Å². The number of benzene rings is 2. The molecule has 6 rings (SSSR count). The summed E-state index contributed by atoms with van der Waals surface area (Å²) in [7, 11) is 0. The quantitative estimate of drug-likeness (QED) is 0.210. The molecule has 0 atom stereocenters. The number of aromatic nitrogens is 4. The van der Waals surface area contributed by atoms with Crippen LogP contribution in [0.3, 0.4) is 0 Å². The number of nitrogens with one attached hydrogen (secondary N) is 2. The molecule has 2 aromatic carbocycles. The molecule has 0 aliphatic carbocycles. The van der Waals surface area contributed by atoms with E-state index in [0.717, 1.165) is 16.7 Å². The number of hydrogen-bond donors (Lipinski definition) is 2. The summed E-state index contributed by atoms with van der Waals surface area (Å²) in [4.78, 5) is 23.9. The van der Waals surface area contributed by atoms with Gasteiger partial charge in [-0.05, 0) is 53.1 Å². The van der Waals surface area contributed by atoms with Gasteiger partial charge in [-0.15, -0.1) is 0 Å². The fourth-order valence-corrected chi connectivity index (χ4v) is 5.03. The van der Waals surface area contributed by atoms with E-state index in [0.29, 0.717) is 53.9 Å². The maximum Gasteiger partial charge on any atom is 0.276 e. The van der Waals surface area contributed by atoms with Crippen LogP contribution in [0.25, 0.3) is 22.0 Å². The van der Waals surface area contributed by atoms with Crippen molar-refractivity contribution in [2.45, 2.75) is 45.6 Å². The molecule has 4 heterocycles. The van der Waals surface area contributed by atoms with Gasteiger partial charge in [0.2, 0.25) is 0 Å². The Morgan fingerprint density at radius 1 is 0.977 bits per heavy atom. The number of amides is 1. The minimum Gasteiger partial charge on any atom is -0.319 e. The molecular weight excluding hydrogens is 553 g/mol. The molecule has 1 aliphatic rings. The molecular formula is C33H33F3N6O. The first-order valence-electron chi connectivity index (χ1n) is 14.4. The van der Waals surface area contributed by atoms with Gasteiger partial charge in [0.1, 0.15) is 5.82 Å². The highest BCUT2D eigenvalue weighted by Gasteiger charge is 2.33. The highest BCUT2D eigenvalue weighted by atomic mass is 19.3. The lowest BCUT2D eigenvalue weighted by molar-refractivity contribution is -0.0566. The molecule has 2 N–H and O–H groups in total. The number of pyridine rings is 2. The van der Waals surface area contributed by atoms with Crippen molar-refractivity contribution in [3.8, 4) is 11.1 Å². The molecule has 0 bridgehead atoms. The van der Waals surface area contributed by atoms with E-state index in [9.17, 15) is 18.0 Å². The second-order valence-electron chi connectivity index (χ2n) is 10.3. The topological polar surface area (TPSA) is 86.8 Å². The first kappa shape index (κ1) is 29.9. The van der Waals surface area contributed by atoms with Crippen LogP contribution in [-0.2, 0) is 13.0 Å². The van der Waals surface area contributed by atoms with E-state index in [1.165, 1.54) is 12.3 Å². The van der Waals surface area contributed by atoms with Crippen LogP contribution in [0.2, 0.25) is 0 Å². The number of anilines is 1. The van der Waals surface area contributed by atoms with Gasteiger partial charge in [0.25, 0.3) is 11.8 Å². The molecule has 1 saturated heterocycles. The summed E-state index contributed by atoms with van der Waals surface area (Å²) < 4.78 is 41.0. The molecule has 43 heavy (non-hydrogen) atoms. The van der Waals surface area contributed by atoms with Crippen LogP contribution in [0, 0.1) is 5.82 Å². The Kier molecular flexibility index (Phi) is 9.16. The van der Waals surface area contributed by atoms with Gasteiger partial charge in [-0.25, -0.2) is 13.2 Å². The molecule has 0 saturated carbocycles. The Hall–Kier alpha value is -4.57. The Labute approximate surface area is 248 Å². The average molecular weight is 587 g/mol. The van der Waals surface area contributed by atoms with Gasteiger partial charge in [0.05, 0.1) is 17.4 Å². The second-order valence-corrected chi connectivity index (χ2v) is 10.3. The Morgan fingerprint density at radius 2 is 1.77 bits per heavy atom. The molecule has 222 valence electrons. The number of carbonyl (C=O) groups excluding carboxylic acids is 1. The summed E-state index contributed by atoms with van der Waals surface area (Å²) in [5.74, 6) is -3.26. The van der Waals surface area contributed by atoms with E-state index in [1.54, 1.807) is 42.7 Å². The lowest BCUT2D eigenvalue weighted by atomic mass is 10.0. The molecule has 7 nitrogen and oxygen atoms in total. The maximum atomic E-state index is 14.0. The number of fused-ring (bicyclic) bond motifs is 1. The lowest BCUT2D eigenvalue weighted by Crippen LogP contribution is -2.38. The summed E-state index contributed by atoms with van der Waals surface area (Å²) >= 11 is 0. The number of piperidine rings is 1. The van der Waals surface area contributed by atoms with Crippen molar-refractivity contribution in [2.24, 2.45) is 0 Å². The zero-order valence-electron chi connectivity index (χ0n) is 24.1. The fourth-order valence-electron chi connectivity index (χ4n) is 5.03. The van der Waals surface area contributed by atoms with Crippen LogP contribution in [0.4, 0.5) is 18.9 Å². The maximum absolute atomic E-state index is 14.0. The molecule has 0 unspecified atom stereocenters. The first-order valence-corrected chi connectivity index (χ1v) is 14.4. The van der Waals surface area contributed by atoms with E-state index >= 15 is 0 Å². The molecule has 1 amide bonds. The number of aromatic amines is 1. The van der Waals surface area contributed by atoms with Crippen LogP contribution < -0.4 is 5.32 Å². The van der Waals surface area contributed by atoms with Crippen LogP contribution in [0.15, 0.2) is 79.3 Å². The number of carbonyl (C=O) groups is 1. The van der Waals surface area contributed by atoms with Crippen molar-refractivity contribution in [3.63, 3.8) is 0 Å². The molecule has 5 aromatic rings. The Morgan fingerprint density at radius 3 is 2.51 bits per heavy atom. The van der Waals surface area contributed by atoms with Crippen molar-refractivity contribution in [1.82, 2.24) is 25.1 Å². The summed E-state index contributed by atoms with van der Waals surface area (Å²) in [6, 6.07) is 17.7. The van der Waals surface area contributed by atoms with Gasteiger partial charge in [-0.2, -0.15) is 5.10 Å². The Balaban J connectivity index is 0.00000180. The molecule has 1 fully saturated rings. The summed E-state index contributed by atoms with van der Waals surface area (Å²) in [5.41, 5.74) is 5.30. The average Bonchev–Trinajstić information content (AvgIpc) is 3.45. The first-order chi connectivity index (χ1) is 20.8. The number of halogens is 3. The number of H-pyrrole nitrogens is 1.